The van der Waals surface area contributed by atoms with Gasteiger partial charge in [0, 0.05) is 29.7 Å². The van der Waals surface area contributed by atoms with Crippen LogP contribution in [-0.2, 0) is 6.54 Å². The summed E-state index contributed by atoms with van der Waals surface area (Å²) in [7, 11) is 0. The third-order valence-electron chi connectivity index (χ3n) is 6.08. The Kier molecular flexibility index (Phi) is 6.73. The minimum atomic E-state index is -0.131. The van der Waals surface area contributed by atoms with Gasteiger partial charge in [0.05, 0.1) is 12.2 Å². The minimum Gasteiger partial charge on any atom is -0.425 e. The van der Waals surface area contributed by atoms with E-state index in [1.807, 2.05) is 47.9 Å². The minimum absolute atomic E-state index is 0.0124. The number of aliphatic hydroxyl groups is 1. The van der Waals surface area contributed by atoms with Gasteiger partial charge in [-0.3, -0.25) is 14.4 Å². The Labute approximate surface area is 214 Å². The summed E-state index contributed by atoms with van der Waals surface area (Å²) < 4.78 is 8.27. The number of imidazole rings is 1. The van der Waals surface area contributed by atoms with Crippen LogP contribution in [0.1, 0.15) is 37.4 Å². The number of urea groups is 1. The van der Waals surface area contributed by atoms with Crippen molar-refractivity contribution in [2.45, 2.75) is 32.7 Å². The van der Waals surface area contributed by atoms with Crippen LogP contribution in [0.2, 0.25) is 10.0 Å². The molecule has 7 nitrogen and oxygen atoms in total. The highest BCUT2D eigenvalue weighted by Crippen LogP contribution is 2.46. The molecule has 0 bridgehead atoms. The first-order valence-electron chi connectivity index (χ1n) is 11.7. The molecule has 0 saturated heterocycles. The fourth-order valence-electron chi connectivity index (χ4n) is 4.31. The predicted molar refractivity (Wildman–Crippen MR) is 137 cm³/mol. The number of hydrogen-bond donors (Lipinski definition) is 1. The monoisotopic (exact) mass is 512 g/mol. The van der Waals surface area contributed by atoms with E-state index in [4.69, 9.17) is 32.9 Å². The van der Waals surface area contributed by atoms with Crippen molar-refractivity contribution in [1.29, 1.82) is 0 Å². The lowest BCUT2D eigenvalue weighted by Gasteiger charge is -2.36. The summed E-state index contributed by atoms with van der Waals surface area (Å²) in [5.41, 5.74) is 3.96. The van der Waals surface area contributed by atoms with Crippen LogP contribution in [0.4, 0.5) is 10.6 Å². The molecule has 1 aliphatic carbocycles. The average molecular weight is 513 g/mol. The molecule has 9 heteroatoms. The Morgan fingerprint density at radius 2 is 1.83 bits per heavy atom. The molecule has 2 aromatic carbocycles. The fraction of sp³-hybridized carbons (Fsp3) is 0.308. The summed E-state index contributed by atoms with van der Waals surface area (Å²) in [4.78, 5) is 21.8. The van der Waals surface area contributed by atoms with E-state index in [0.29, 0.717) is 53.7 Å². The lowest BCUT2D eigenvalue weighted by molar-refractivity contribution is 0.216. The number of carbonyl (C=O) groups excluding carboxylic acids is 1. The highest BCUT2D eigenvalue weighted by molar-refractivity contribution is 6.30. The van der Waals surface area contributed by atoms with Crippen molar-refractivity contribution in [3.8, 4) is 11.8 Å². The number of amides is 2. The zero-order chi connectivity index (χ0) is 24.5. The van der Waals surface area contributed by atoms with Crippen LogP contribution in [0, 0.1) is 0 Å². The van der Waals surface area contributed by atoms with Crippen molar-refractivity contribution in [2.75, 3.05) is 24.6 Å². The van der Waals surface area contributed by atoms with Crippen LogP contribution in [-0.4, -0.2) is 45.3 Å². The van der Waals surface area contributed by atoms with E-state index in [0.717, 1.165) is 29.8 Å². The number of allylic oxidation sites excluding steroid dienone is 1. The van der Waals surface area contributed by atoms with E-state index in [2.05, 4.69) is 0 Å². The van der Waals surface area contributed by atoms with Gasteiger partial charge in [-0.2, -0.15) is 4.98 Å². The fourth-order valence-corrected chi connectivity index (χ4v) is 4.62. The van der Waals surface area contributed by atoms with Crippen molar-refractivity contribution in [3.63, 3.8) is 0 Å². The number of carbonyl (C=O) groups is 1. The van der Waals surface area contributed by atoms with E-state index in [1.54, 1.807) is 21.9 Å². The number of hydrogen-bond acceptors (Lipinski definition) is 4. The molecule has 1 N–H and O–H groups in total. The summed E-state index contributed by atoms with van der Waals surface area (Å²) >= 11 is 12.3. The number of halogens is 2. The van der Waals surface area contributed by atoms with Gasteiger partial charge in [0.25, 0.3) is 0 Å². The van der Waals surface area contributed by atoms with Gasteiger partial charge in [0.15, 0.2) is 5.82 Å². The topological polar surface area (TPSA) is 70.8 Å². The first-order chi connectivity index (χ1) is 17.0. The third-order valence-corrected chi connectivity index (χ3v) is 6.56. The Bertz CT molecular complexity index is 1280. The quantitative estimate of drug-likeness (QED) is 0.391. The molecule has 2 amide bonds. The number of ether oxygens (including phenoxy) is 1. The molecular weight excluding hydrogens is 487 g/mol. The molecule has 2 aliphatic rings. The summed E-state index contributed by atoms with van der Waals surface area (Å²) in [5.74, 6) is 1.14. The molecule has 0 radical (unpaired) electrons. The average Bonchev–Trinajstić information content (AvgIpc) is 3.63. The number of fused-ring (bicyclic) bond motifs is 1. The predicted octanol–water partition coefficient (Wildman–Crippen LogP) is 6.18. The molecule has 5 rings (SSSR count). The maximum Gasteiger partial charge on any atom is 0.330 e. The van der Waals surface area contributed by atoms with Crippen LogP contribution in [0.25, 0.3) is 5.70 Å². The number of rotatable bonds is 8. The van der Waals surface area contributed by atoms with E-state index in [-0.39, 0.29) is 12.6 Å². The van der Waals surface area contributed by atoms with Gasteiger partial charge in [0.2, 0.25) is 0 Å². The Morgan fingerprint density at radius 3 is 2.49 bits per heavy atom. The highest BCUT2D eigenvalue weighted by atomic mass is 35.5. The van der Waals surface area contributed by atoms with Crippen LogP contribution in [0.3, 0.4) is 0 Å². The van der Waals surface area contributed by atoms with Gasteiger partial charge in [-0.1, -0.05) is 41.4 Å². The zero-order valence-electron chi connectivity index (χ0n) is 19.4. The molecule has 2 heterocycles. The maximum absolute atomic E-state index is 13.5. The van der Waals surface area contributed by atoms with Gasteiger partial charge < -0.3 is 9.84 Å². The molecule has 1 fully saturated rings. The van der Waals surface area contributed by atoms with E-state index < -0.39 is 0 Å². The SMILES string of the molecule is CCN1C(=O)N(CCCO)C(=C2CC2)c2c1nc(Oc1cccc(Cl)c1)n2Cc1ccc(Cl)cc1. The summed E-state index contributed by atoms with van der Waals surface area (Å²) in [6.45, 7) is 3.31. The Hall–Kier alpha value is -3.00. The molecule has 1 saturated carbocycles. The zero-order valence-corrected chi connectivity index (χ0v) is 20.9. The first-order valence-corrected chi connectivity index (χ1v) is 12.5. The number of nitrogens with zero attached hydrogens (tertiary/aromatic N) is 4. The number of benzene rings is 2. The molecule has 0 unspecified atom stereocenters. The number of aromatic nitrogens is 2. The van der Waals surface area contributed by atoms with E-state index in [9.17, 15) is 9.90 Å². The van der Waals surface area contributed by atoms with Crippen molar-refractivity contribution in [1.82, 2.24) is 14.5 Å². The molecular formula is C26H26Cl2N4O3. The van der Waals surface area contributed by atoms with Gasteiger partial charge in [-0.15, -0.1) is 0 Å². The highest BCUT2D eigenvalue weighted by Gasteiger charge is 2.41. The van der Waals surface area contributed by atoms with Crippen LogP contribution < -0.4 is 9.64 Å². The van der Waals surface area contributed by atoms with Gasteiger partial charge in [-0.25, -0.2) is 4.79 Å². The van der Waals surface area contributed by atoms with Crippen molar-refractivity contribution >= 4 is 40.7 Å². The van der Waals surface area contributed by atoms with Crippen molar-refractivity contribution < 1.29 is 14.6 Å². The Morgan fingerprint density at radius 1 is 1.06 bits per heavy atom. The smallest absolute Gasteiger partial charge is 0.330 e. The van der Waals surface area contributed by atoms with E-state index in [1.165, 1.54) is 5.57 Å². The van der Waals surface area contributed by atoms with Crippen LogP contribution in [0.15, 0.2) is 54.1 Å². The van der Waals surface area contributed by atoms with Crippen LogP contribution >= 0.6 is 23.2 Å². The van der Waals surface area contributed by atoms with Gasteiger partial charge >= 0.3 is 12.0 Å². The second-order valence-corrected chi connectivity index (χ2v) is 9.42. The first kappa shape index (κ1) is 23.7. The standard InChI is InChI=1S/C26H26Cl2N4O3/c1-2-30-24-23(22(18-9-10-18)31(26(30)34)13-4-14-33)32(16-17-7-11-19(27)12-8-17)25(29-24)35-21-6-3-5-20(28)15-21/h3,5-8,11-12,15,33H,2,4,9-10,13-14,16H2,1H3. The van der Waals surface area contributed by atoms with Crippen molar-refractivity contribution in [3.05, 3.63) is 75.4 Å². The molecule has 0 atom stereocenters. The maximum atomic E-state index is 13.5. The summed E-state index contributed by atoms with van der Waals surface area (Å²) in [5, 5.41) is 10.7. The number of anilines is 1. The molecule has 3 aromatic rings. The second kappa shape index (κ2) is 9.93. The molecule has 1 aliphatic heterocycles. The van der Waals surface area contributed by atoms with Gasteiger partial charge in [0.1, 0.15) is 11.4 Å². The molecule has 182 valence electrons. The van der Waals surface area contributed by atoms with Crippen LogP contribution in [0.5, 0.6) is 11.8 Å². The van der Waals surface area contributed by atoms with Gasteiger partial charge in [-0.05, 0) is 67.7 Å². The molecule has 1 aromatic heterocycles. The largest absolute Gasteiger partial charge is 0.425 e. The Balaban J connectivity index is 1.68. The third kappa shape index (κ3) is 4.76. The number of aliphatic hydroxyl groups excluding tert-OH is 1. The normalized spacial score (nSPS) is 15.0. The molecule has 0 spiro atoms. The lowest BCUT2D eigenvalue weighted by Crippen LogP contribution is -2.47. The lowest BCUT2D eigenvalue weighted by atomic mass is 10.1. The van der Waals surface area contributed by atoms with Crippen molar-refractivity contribution in [2.24, 2.45) is 0 Å². The summed E-state index contributed by atoms with van der Waals surface area (Å²) in [6, 6.07) is 15.1. The second-order valence-electron chi connectivity index (χ2n) is 8.55. The summed E-state index contributed by atoms with van der Waals surface area (Å²) in [6.07, 6.45) is 2.35. The molecule has 35 heavy (non-hydrogen) atoms. The van der Waals surface area contributed by atoms with E-state index >= 15 is 0 Å².